The van der Waals surface area contributed by atoms with Crippen molar-refractivity contribution in [1.82, 2.24) is 0 Å². The van der Waals surface area contributed by atoms with Gasteiger partial charge >= 0.3 is 5.97 Å². The number of carboxylic acid groups (broad SMARTS) is 1. The molecule has 0 bridgehead atoms. The molecule has 0 aliphatic carbocycles. The minimum atomic E-state index is -0.847. The van der Waals surface area contributed by atoms with Gasteiger partial charge in [-0.15, -0.1) is 0 Å². The van der Waals surface area contributed by atoms with Gasteiger partial charge in [-0.25, -0.2) is 0 Å². The summed E-state index contributed by atoms with van der Waals surface area (Å²) in [6.07, 6.45) is 0.741. The fourth-order valence-electron chi connectivity index (χ4n) is 1.03. The van der Waals surface area contributed by atoms with Gasteiger partial charge in [0.25, 0.3) is 13.1 Å². The number of carbonyl (C=O) groups is 1. The molecule has 0 aromatic carbocycles. The number of hydrogen-bond donors (Lipinski definition) is 1. The fourth-order valence-corrected chi connectivity index (χ4v) is 1.03. The van der Waals surface area contributed by atoms with Gasteiger partial charge in [0.1, 0.15) is 6.61 Å². The van der Waals surface area contributed by atoms with Crippen LogP contribution < -0.4 is 0 Å². The van der Waals surface area contributed by atoms with E-state index in [1.165, 1.54) is 0 Å². The maximum absolute atomic E-state index is 10.2. The number of carboxylic acids is 1. The van der Waals surface area contributed by atoms with Gasteiger partial charge in [0.15, 0.2) is 0 Å². The molecule has 0 radical (unpaired) electrons. The van der Waals surface area contributed by atoms with Gasteiger partial charge in [-0.1, -0.05) is 4.85 Å². The van der Waals surface area contributed by atoms with Crippen LogP contribution in [0.25, 0.3) is 4.85 Å². The molecule has 5 heteroatoms. The average molecular weight is 230 g/mol. The van der Waals surface area contributed by atoms with Crippen LogP contribution in [-0.4, -0.2) is 43.0 Å². The molecule has 1 N–H and O–H groups in total. The standard InChI is InChI=1S/C11H19NO4/c1-11(2,16-9-6-12-3)5-8-15-7-4-10(13)14/h3H,4-9H2,1-2H3/p+1. The Kier molecular flexibility index (Phi) is 7.52. The van der Waals surface area contributed by atoms with Crippen molar-refractivity contribution in [3.8, 4) is 6.57 Å². The topological polar surface area (TPSA) is 60.1 Å². The lowest BCUT2D eigenvalue weighted by atomic mass is 10.1. The van der Waals surface area contributed by atoms with Crippen LogP contribution in [0.15, 0.2) is 0 Å². The summed E-state index contributed by atoms with van der Waals surface area (Å²) in [5, 5.41) is 8.39. The predicted molar refractivity (Wildman–Crippen MR) is 60.9 cm³/mol. The van der Waals surface area contributed by atoms with E-state index in [0.717, 1.165) is 0 Å². The zero-order chi connectivity index (χ0) is 12.4. The maximum Gasteiger partial charge on any atom is 0.305 e. The molecule has 0 fully saturated rings. The zero-order valence-corrected chi connectivity index (χ0v) is 9.94. The first kappa shape index (κ1) is 14.9. The summed E-state index contributed by atoms with van der Waals surface area (Å²) in [6, 6.07) is 0. The predicted octanol–water partition coefficient (Wildman–Crippen LogP) is 1.63. The molecule has 0 saturated heterocycles. The Balaban J connectivity index is 3.50. The van der Waals surface area contributed by atoms with E-state index < -0.39 is 5.97 Å². The van der Waals surface area contributed by atoms with E-state index in [1.807, 2.05) is 13.8 Å². The summed E-state index contributed by atoms with van der Waals surface area (Å²) < 4.78 is 10.7. The molecule has 92 valence electrons. The minimum absolute atomic E-state index is 0.0351. The van der Waals surface area contributed by atoms with Crippen LogP contribution >= 0.6 is 0 Å². The van der Waals surface area contributed by atoms with Crippen molar-refractivity contribution in [3.05, 3.63) is 4.85 Å². The van der Waals surface area contributed by atoms with Crippen molar-refractivity contribution in [2.24, 2.45) is 0 Å². The Morgan fingerprint density at radius 2 is 2.06 bits per heavy atom. The summed E-state index contributed by atoms with van der Waals surface area (Å²) in [5.41, 5.74) is -0.298. The molecule has 0 heterocycles. The first-order chi connectivity index (χ1) is 7.48. The van der Waals surface area contributed by atoms with Gasteiger partial charge in [-0.2, -0.15) is 0 Å². The van der Waals surface area contributed by atoms with Crippen molar-refractivity contribution < 1.29 is 19.4 Å². The largest absolute Gasteiger partial charge is 0.481 e. The monoisotopic (exact) mass is 230 g/mol. The Labute approximate surface area is 96.2 Å². The molecule has 0 spiro atoms. The van der Waals surface area contributed by atoms with Gasteiger partial charge in [-0.3, -0.25) is 4.79 Å². The molecule has 0 saturated carbocycles. The molecule has 0 aliphatic heterocycles. The third-order valence-electron chi connectivity index (χ3n) is 2.02. The summed E-state index contributed by atoms with van der Waals surface area (Å²) in [5.74, 6) is -0.847. The van der Waals surface area contributed by atoms with Gasteiger partial charge in [0.05, 0.1) is 18.6 Å². The lowest BCUT2D eigenvalue weighted by molar-refractivity contribution is -0.138. The second-order valence-corrected chi connectivity index (χ2v) is 4.02. The highest BCUT2D eigenvalue weighted by molar-refractivity contribution is 5.66. The number of hydrogen-bond acceptors (Lipinski definition) is 3. The van der Waals surface area contributed by atoms with Crippen LogP contribution in [0.4, 0.5) is 0 Å². The highest BCUT2D eigenvalue weighted by atomic mass is 16.5. The maximum atomic E-state index is 10.2. The van der Waals surface area contributed by atoms with Crippen LogP contribution in [0, 0.1) is 6.57 Å². The molecule has 0 atom stereocenters. The van der Waals surface area contributed by atoms with Gasteiger partial charge in [0.2, 0.25) is 0 Å². The van der Waals surface area contributed by atoms with E-state index in [0.29, 0.717) is 26.2 Å². The van der Waals surface area contributed by atoms with Crippen molar-refractivity contribution in [3.63, 3.8) is 0 Å². The van der Waals surface area contributed by atoms with Crippen molar-refractivity contribution >= 4 is 5.97 Å². The van der Waals surface area contributed by atoms with Crippen LogP contribution in [-0.2, 0) is 14.3 Å². The number of nitrogens with zero attached hydrogens (tertiary/aromatic N) is 1. The van der Waals surface area contributed by atoms with E-state index in [2.05, 4.69) is 4.85 Å². The molecule has 0 amide bonds. The molecule has 0 aromatic rings. The summed E-state index contributed by atoms with van der Waals surface area (Å²) in [7, 11) is 0. The molecule has 16 heavy (non-hydrogen) atoms. The highest BCUT2D eigenvalue weighted by Crippen LogP contribution is 2.14. The lowest BCUT2D eigenvalue weighted by Gasteiger charge is -2.23. The SMILES string of the molecule is C#[N+]CCOC(C)(C)CCOCCC(=O)O. The smallest absolute Gasteiger partial charge is 0.305 e. The van der Waals surface area contributed by atoms with E-state index in [-0.39, 0.29) is 18.6 Å². The number of aliphatic carboxylic acids is 1. The first-order valence-electron chi connectivity index (χ1n) is 5.28. The van der Waals surface area contributed by atoms with Crippen molar-refractivity contribution in [1.29, 1.82) is 0 Å². The summed E-state index contributed by atoms with van der Waals surface area (Å²) in [4.78, 5) is 13.7. The Bertz CT molecular complexity index is 245. The van der Waals surface area contributed by atoms with Crippen LogP contribution in [0.3, 0.4) is 0 Å². The van der Waals surface area contributed by atoms with Gasteiger partial charge in [-0.05, 0) is 20.3 Å². The van der Waals surface area contributed by atoms with Crippen LogP contribution in [0.2, 0.25) is 0 Å². The molecule has 0 rings (SSSR count). The second kappa shape index (κ2) is 8.08. The molecular weight excluding hydrogens is 210 g/mol. The number of ether oxygens (including phenoxy) is 2. The molecule has 0 aromatic heterocycles. The third-order valence-corrected chi connectivity index (χ3v) is 2.02. The molecule has 0 unspecified atom stereocenters. The molecule has 5 nitrogen and oxygen atoms in total. The summed E-state index contributed by atoms with van der Waals surface area (Å²) >= 11 is 0. The third kappa shape index (κ3) is 9.44. The first-order valence-corrected chi connectivity index (χ1v) is 5.28. The molecular formula is C11H20NO4+. The van der Waals surface area contributed by atoms with Gasteiger partial charge in [0, 0.05) is 6.61 Å². The molecule has 0 aliphatic rings. The van der Waals surface area contributed by atoms with E-state index in [4.69, 9.17) is 21.2 Å². The van der Waals surface area contributed by atoms with E-state index in [9.17, 15) is 4.79 Å². The summed E-state index contributed by atoms with van der Waals surface area (Å²) in [6.45, 7) is 10.6. The number of rotatable bonds is 9. The lowest BCUT2D eigenvalue weighted by Crippen LogP contribution is -2.27. The Morgan fingerprint density at radius 3 is 2.62 bits per heavy atom. The normalized spacial score (nSPS) is 11.1. The quantitative estimate of drug-likeness (QED) is 0.611. The minimum Gasteiger partial charge on any atom is -0.481 e. The van der Waals surface area contributed by atoms with Crippen molar-refractivity contribution in [2.75, 3.05) is 26.4 Å². The fraction of sp³-hybridized carbons (Fsp3) is 0.818. The van der Waals surface area contributed by atoms with Gasteiger partial charge < -0.3 is 14.6 Å². The average Bonchev–Trinajstić information content (AvgIpc) is 2.16. The van der Waals surface area contributed by atoms with E-state index >= 15 is 0 Å². The zero-order valence-electron chi connectivity index (χ0n) is 9.94. The second-order valence-electron chi connectivity index (χ2n) is 4.02. The van der Waals surface area contributed by atoms with Crippen molar-refractivity contribution in [2.45, 2.75) is 32.3 Å². The highest BCUT2D eigenvalue weighted by Gasteiger charge is 2.18. The van der Waals surface area contributed by atoms with E-state index in [1.54, 1.807) is 0 Å². The van der Waals surface area contributed by atoms with Crippen LogP contribution in [0.1, 0.15) is 26.7 Å². The van der Waals surface area contributed by atoms with Crippen LogP contribution in [0.5, 0.6) is 0 Å². The Morgan fingerprint density at radius 1 is 1.38 bits per heavy atom. The Hall–Kier alpha value is -1.12.